The van der Waals surface area contributed by atoms with Gasteiger partial charge in [0.15, 0.2) is 0 Å². The minimum Gasteiger partial charge on any atom is -0.461 e. The number of Topliss-reactive ketones (excluding diaryl/α,β-unsaturated/α-hetero) is 1. The van der Waals surface area contributed by atoms with Crippen LogP contribution in [0.15, 0.2) is 69.6 Å². The summed E-state index contributed by atoms with van der Waals surface area (Å²) in [5, 5.41) is 8.51. The van der Waals surface area contributed by atoms with Crippen LogP contribution in [0.25, 0.3) is 0 Å². The van der Waals surface area contributed by atoms with Gasteiger partial charge in [0.1, 0.15) is 11.6 Å². The van der Waals surface area contributed by atoms with Gasteiger partial charge in [0.05, 0.1) is 16.6 Å². The number of hydrazone groups is 1. The van der Waals surface area contributed by atoms with E-state index in [9.17, 15) is 9.18 Å². The van der Waals surface area contributed by atoms with Crippen molar-refractivity contribution in [2.24, 2.45) is 5.10 Å². The number of fused-ring (bicyclic) bond motifs is 3. The topological polar surface area (TPSA) is 41.9 Å². The highest BCUT2D eigenvalue weighted by molar-refractivity contribution is 9.10. The summed E-state index contributed by atoms with van der Waals surface area (Å²) in [5.41, 5.74) is 2.33. The molecule has 0 fully saturated rings. The predicted octanol–water partition coefficient (Wildman–Crippen LogP) is 5.40. The Balaban J connectivity index is 1.57. The zero-order chi connectivity index (χ0) is 19.3. The Bertz CT molecular complexity index is 1080. The number of nitrogens with zero attached hydrogens (tertiary/aromatic N) is 2. The third-order valence-corrected chi connectivity index (χ3v) is 6.32. The van der Waals surface area contributed by atoms with Crippen molar-refractivity contribution >= 4 is 38.8 Å². The fourth-order valence-electron chi connectivity index (χ4n) is 3.58. The van der Waals surface area contributed by atoms with E-state index in [0.29, 0.717) is 17.7 Å². The zero-order valence-electron chi connectivity index (χ0n) is 14.5. The first-order valence-electron chi connectivity index (χ1n) is 8.76. The first kappa shape index (κ1) is 17.6. The third-order valence-electron chi connectivity index (χ3n) is 4.91. The standard InChI is InChI=1S/C21H14BrFN2O2S/c22-13-5-8-18-15(10-13)17-11-16(19-2-1-9-28-19)24-25(17)21(27-18)20(26)12-3-6-14(23)7-4-12/h1-10,17,21H,11H2/t17-,21-/m0/s1. The average Bonchev–Trinajstić information content (AvgIpc) is 3.37. The van der Waals surface area contributed by atoms with Crippen LogP contribution >= 0.6 is 27.3 Å². The average molecular weight is 457 g/mol. The Labute approximate surface area is 173 Å². The largest absolute Gasteiger partial charge is 0.461 e. The summed E-state index contributed by atoms with van der Waals surface area (Å²) in [5.74, 6) is 0.0515. The number of hydrogen-bond donors (Lipinski definition) is 0. The molecule has 3 heterocycles. The molecule has 5 rings (SSSR count). The first-order valence-corrected chi connectivity index (χ1v) is 10.4. The normalized spacial score (nSPS) is 20.2. The molecule has 3 aromatic rings. The summed E-state index contributed by atoms with van der Waals surface area (Å²) < 4.78 is 20.3. The van der Waals surface area contributed by atoms with E-state index in [4.69, 9.17) is 9.84 Å². The Morgan fingerprint density at radius 2 is 2.04 bits per heavy atom. The molecular weight excluding hydrogens is 443 g/mol. The van der Waals surface area contributed by atoms with Gasteiger partial charge < -0.3 is 4.74 Å². The lowest BCUT2D eigenvalue weighted by atomic mass is 9.97. The molecule has 0 bridgehead atoms. The smallest absolute Gasteiger partial charge is 0.251 e. The quantitative estimate of drug-likeness (QED) is 0.495. The van der Waals surface area contributed by atoms with Crippen LogP contribution in [-0.2, 0) is 0 Å². The molecule has 0 spiro atoms. The van der Waals surface area contributed by atoms with Crippen LogP contribution < -0.4 is 4.74 Å². The Morgan fingerprint density at radius 1 is 1.21 bits per heavy atom. The molecule has 140 valence electrons. The molecule has 0 aliphatic carbocycles. The van der Waals surface area contributed by atoms with Gasteiger partial charge in [0.2, 0.25) is 5.78 Å². The van der Waals surface area contributed by atoms with Crippen molar-refractivity contribution in [3.8, 4) is 5.75 Å². The summed E-state index contributed by atoms with van der Waals surface area (Å²) in [6, 6.07) is 15.2. The van der Waals surface area contributed by atoms with Gasteiger partial charge in [-0.2, -0.15) is 5.10 Å². The van der Waals surface area contributed by atoms with E-state index < -0.39 is 6.23 Å². The van der Waals surface area contributed by atoms with Gasteiger partial charge in [-0.3, -0.25) is 4.79 Å². The zero-order valence-corrected chi connectivity index (χ0v) is 16.9. The first-order chi connectivity index (χ1) is 13.6. The third kappa shape index (κ3) is 2.95. The Kier molecular flexibility index (Phi) is 4.29. The van der Waals surface area contributed by atoms with E-state index in [1.807, 2.05) is 35.7 Å². The highest BCUT2D eigenvalue weighted by Gasteiger charge is 2.43. The van der Waals surface area contributed by atoms with Gasteiger partial charge in [-0.05, 0) is 53.9 Å². The molecule has 0 saturated carbocycles. The molecule has 1 aromatic heterocycles. The molecule has 7 heteroatoms. The number of ether oxygens (including phenoxy) is 1. The van der Waals surface area contributed by atoms with E-state index in [1.54, 1.807) is 16.3 Å². The van der Waals surface area contributed by atoms with Gasteiger partial charge in [-0.1, -0.05) is 22.0 Å². The molecule has 0 amide bonds. The molecule has 0 saturated heterocycles. The molecule has 28 heavy (non-hydrogen) atoms. The van der Waals surface area contributed by atoms with Crippen LogP contribution in [-0.4, -0.2) is 22.7 Å². The molecule has 0 N–H and O–H groups in total. The van der Waals surface area contributed by atoms with Crippen LogP contribution in [0.3, 0.4) is 0 Å². The van der Waals surface area contributed by atoms with Crippen molar-refractivity contribution in [3.63, 3.8) is 0 Å². The number of thiophene rings is 1. The fourth-order valence-corrected chi connectivity index (χ4v) is 4.68. The number of ketones is 1. The second kappa shape index (κ2) is 6.83. The number of rotatable bonds is 3. The number of halogens is 2. The van der Waals surface area contributed by atoms with Gasteiger partial charge in [0.25, 0.3) is 6.23 Å². The molecular formula is C21H14BrFN2O2S. The van der Waals surface area contributed by atoms with Gasteiger partial charge in [0, 0.05) is 22.0 Å². The van der Waals surface area contributed by atoms with E-state index in [0.717, 1.165) is 20.6 Å². The van der Waals surface area contributed by atoms with Crippen molar-refractivity contribution in [3.05, 3.63) is 86.3 Å². The molecule has 0 radical (unpaired) electrons. The van der Waals surface area contributed by atoms with Crippen LogP contribution in [0.1, 0.15) is 33.3 Å². The minimum absolute atomic E-state index is 0.0900. The van der Waals surface area contributed by atoms with Crippen LogP contribution in [0.5, 0.6) is 5.75 Å². The van der Waals surface area contributed by atoms with Crippen molar-refractivity contribution in [2.75, 3.05) is 0 Å². The molecule has 2 aliphatic rings. The summed E-state index contributed by atoms with van der Waals surface area (Å²) in [4.78, 5) is 14.2. The molecule has 2 aromatic carbocycles. The van der Waals surface area contributed by atoms with Gasteiger partial charge in [-0.25, -0.2) is 9.40 Å². The van der Waals surface area contributed by atoms with E-state index in [-0.39, 0.29) is 17.6 Å². The van der Waals surface area contributed by atoms with Gasteiger partial charge in [-0.15, -0.1) is 11.3 Å². The summed E-state index contributed by atoms with van der Waals surface area (Å²) >= 11 is 5.14. The van der Waals surface area contributed by atoms with Crippen LogP contribution in [0, 0.1) is 5.82 Å². The van der Waals surface area contributed by atoms with Crippen molar-refractivity contribution in [2.45, 2.75) is 18.7 Å². The number of carbonyl (C=O) groups excluding carboxylic acids is 1. The lowest BCUT2D eigenvalue weighted by molar-refractivity contribution is -0.00459. The Hall–Kier alpha value is -2.51. The SMILES string of the molecule is O=C(c1ccc(F)cc1)[C@@H]1Oc2ccc(Br)cc2[C@@H]2CC(c3cccs3)=NN12. The maximum absolute atomic E-state index is 13.3. The maximum atomic E-state index is 13.3. The Morgan fingerprint density at radius 3 is 2.79 bits per heavy atom. The second-order valence-electron chi connectivity index (χ2n) is 6.65. The van der Waals surface area contributed by atoms with Gasteiger partial charge >= 0.3 is 0 Å². The highest BCUT2D eigenvalue weighted by atomic mass is 79.9. The van der Waals surface area contributed by atoms with Crippen LogP contribution in [0.2, 0.25) is 0 Å². The molecule has 4 nitrogen and oxygen atoms in total. The number of benzene rings is 2. The number of carbonyl (C=O) groups is 1. The molecule has 0 unspecified atom stereocenters. The summed E-state index contributed by atoms with van der Waals surface area (Å²) in [7, 11) is 0. The van der Waals surface area contributed by atoms with E-state index in [1.165, 1.54) is 24.3 Å². The summed E-state index contributed by atoms with van der Waals surface area (Å²) in [6.07, 6.45) is -0.192. The van der Waals surface area contributed by atoms with Crippen molar-refractivity contribution < 1.29 is 13.9 Å². The maximum Gasteiger partial charge on any atom is 0.251 e. The van der Waals surface area contributed by atoms with Crippen LogP contribution in [0.4, 0.5) is 4.39 Å². The highest BCUT2D eigenvalue weighted by Crippen LogP contribution is 2.44. The lowest BCUT2D eigenvalue weighted by Crippen LogP contribution is -2.45. The molecule has 2 atom stereocenters. The van der Waals surface area contributed by atoms with Crippen molar-refractivity contribution in [1.29, 1.82) is 0 Å². The van der Waals surface area contributed by atoms with Crippen molar-refractivity contribution in [1.82, 2.24) is 5.01 Å². The minimum atomic E-state index is -0.887. The molecule has 2 aliphatic heterocycles. The second-order valence-corrected chi connectivity index (χ2v) is 8.51. The number of hydrogen-bond acceptors (Lipinski definition) is 5. The predicted molar refractivity (Wildman–Crippen MR) is 109 cm³/mol. The fraction of sp³-hybridized carbons (Fsp3) is 0.143. The lowest BCUT2D eigenvalue weighted by Gasteiger charge is -2.37. The summed E-state index contributed by atoms with van der Waals surface area (Å²) in [6.45, 7) is 0. The monoisotopic (exact) mass is 456 g/mol. The van der Waals surface area contributed by atoms with E-state index in [2.05, 4.69) is 15.9 Å². The van der Waals surface area contributed by atoms with E-state index >= 15 is 0 Å².